The second kappa shape index (κ2) is 5.60. The van der Waals surface area contributed by atoms with Gasteiger partial charge in [-0.2, -0.15) is 0 Å². The monoisotopic (exact) mass is 253 g/mol. The molecule has 1 N–H and O–H groups in total. The fraction of sp³-hybridized carbons (Fsp3) is 0.583. The lowest BCUT2D eigenvalue weighted by molar-refractivity contribution is 0.672. The molecule has 0 atom stereocenters. The Bertz CT molecular complexity index is 412. The Morgan fingerprint density at radius 2 is 2.18 bits per heavy atom. The summed E-state index contributed by atoms with van der Waals surface area (Å²) in [4.78, 5) is 6.66. The van der Waals surface area contributed by atoms with E-state index < -0.39 is 10.8 Å². The van der Waals surface area contributed by atoms with Crippen LogP contribution in [-0.4, -0.2) is 40.8 Å². The Morgan fingerprint density at radius 3 is 2.82 bits per heavy atom. The number of pyridine rings is 1. The molecule has 17 heavy (non-hydrogen) atoms. The molecule has 4 nitrogen and oxygen atoms in total. The van der Waals surface area contributed by atoms with Gasteiger partial charge < -0.3 is 10.2 Å². The lowest BCUT2D eigenvalue weighted by Gasteiger charge is -2.30. The molecule has 0 aliphatic carbocycles. The largest absolute Gasteiger partial charge is 0.369 e. The van der Waals surface area contributed by atoms with E-state index in [1.54, 1.807) is 0 Å². The van der Waals surface area contributed by atoms with Crippen molar-refractivity contribution in [3.63, 3.8) is 0 Å². The highest BCUT2D eigenvalue weighted by atomic mass is 32.2. The molecule has 1 aliphatic rings. The van der Waals surface area contributed by atoms with Crippen molar-refractivity contribution >= 4 is 16.5 Å². The van der Waals surface area contributed by atoms with Gasteiger partial charge in [-0.1, -0.05) is 0 Å². The molecule has 0 unspecified atom stereocenters. The first-order valence-electron chi connectivity index (χ1n) is 5.91. The first-order chi connectivity index (χ1) is 8.20. The summed E-state index contributed by atoms with van der Waals surface area (Å²) in [6, 6.07) is 2.13. The minimum atomic E-state index is -0.623. The zero-order valence-electron chi connectivity index (χ0n) is 10.4. The summed E-state index contributed by atoms with van der Waals surface area (Å²) in [6.07, 6.45) is 1.94. The molecule has 0 aromatic carbocycles. The quantitative estimate of drug-likeness (QED) is 0.860. The molecule has 94 valence electrons. The van der Waals surface area contributed by atoms with E-state index in [4.69, 9.17) is 0 Å². The van der Waals surface area contributed by atoms with Crippen molar-refractivity contribution < 1.29 is 4.21 Å². The number of aromatic nitrogens is 1. The molecule has 1 saturated heterocycles. The third-order valence-corrected chi connectivity index (χ3v) is 4.26. The maximum Gasteiger partial charge on any atom is 0.0446 e. The predicted octanol–water partition coefficient (Wildman–Crippen LogP) is 0.678. The van der Waals surface area contributed by atoms with Gasteiger partial charge in [-0.3, -0.25) is 9.19 Å². The summed E-state index contributed by atoms with van der Waals surface area (Å²) in [6.45, 7) is 4.59. The topological polar surface area (TPSA) is 45.2 Å². The van der Waals surface area contributed by atoms with Crippen LogP contribution in [0.4, 0.5) is 5.69 Å². The minimum absolute atomic E-state index is 0.623. The molecule has 1 aliphatic heterocycles. The zero-order valence-corrected chi connectivity index (χ0v) is 11.2. The highest BCUT2D eigenvalue weighted by Gasteiger charge is 2.18. The standard InChI is InChI=1S/C12H19N3OS/c1-10-7-12(11(8-13-2)9-14-10)15-3-5-17(16)6-4-15/h7,9,13H,3-6,8H2,1-2H3. The normalized spacial score (nSPS) is 17.4. The number of anilines is 1. The van der Waals surface area contributed by atoms with Crippen LogP contribution >= 0.6 is 0 Å². The zero-order chi connectivity index (χ0) is 12.3. The van der Waals surface area contributed by atoms with E-state index in [1.165, 1.54) is 11.3 Å². The Balaban J connectivity index is 2.23. The van der Waals surface area contributed by atoms with E-state index in [9.17, 15) is 4.21 Å². The Morgan fingerprint density at radius 1 is 1.47 bits per heavy atom. The van der Waals surface area contributed by atoms with Gasteiger partial charge in [0.05, 0.1) is 0 Å². The van der Waals surface area contributed by atoms with Gasteiger partial charge in [-0.05, 0) is 20.0 Å². The van der Waals surface area contributed by atoms with Crippen LogP contribution in [0.5, 0.6) is 0 Å². The van der Waals surface area contributed by atoms with Crippen LogP contribution in [0.15, 0.2) is 12.3 Å². The number of rotatable bonds is 3. The Hall–Kier alpha value is -0.940. The molecule has 0 amide bonds. The van der Waals surface area contributed by atoms with E-state index in [-0.39, 0.29) is 0 Å². The van der Waals surface area contributed by atoms with Crippen molar-refractivity contribution in [2.75, 3.05) is 36.5 Å². The van der Waals surface area contributed by atoms with Crippen LogP contribution in [-0.2, 0) is 17.3 Å². The molecule has 1 fully saturated rings. The summed E-state index contributed by atoms with van der Waals surface area (Å²) >= 11 is 0. The van der Waals surface area contributed by atoms with E-state index in [1.807, 2.05) is 20.2 Å². The van der Waals surface area contributed by atoms with E-state index in [0.717, 1.165) is 36.8 Å². The van der Waals surface area contributed by atoms with Gasteiger partial charge in [0.1, 0.15) is 0 Å². The molecule has 1 aromatic heterocycles. The van der Waals surface area contributed by atoms with Crippen molar-refractivity contribution in [3.05, 3.63) is 23.5 Å². The van der Waals surface area contributed by atoms with Crippen LogP contribution in [0.2, 0.25) is 0 Å². The lowest BCUT2D eigenvalue weighted by Crippen LogP contribution is -2.38. The van der Waals surface area contributed by atoms with Gasteiger partial charge in [0.15, 0.2) is 0 Å². The first kappa shape index (κ1) is 12.5. The van der Waals surface area contributed by atoms with Crippen LogP contribution in [0.3, 0.4) is 0 Å². The Kier molecular flexibility index (Phi) is 4.12. The van der Waals surface area contributed by atoms with Gasteiger partial charge in [-0.15, -0.1) is 0 Å². The fourth-order valence-electron chi connectivity index (χ4n) is 2.07. The maximum absolute atomic E-state index is 11.4. The van der Waals surface area contributed by atoms with Gasteiger partial charge in [0.25, 0.3) is 0 Å². The molecule has 5 heteroatoms. The summed E-state index contributed by atoms with van der Waals surface area (Å²) in [5, 5.41) is 3.17. The summed E-state index contributed by atoms with van der Waals surface area (Å²) in [7, 11) is 1.32. The molecule has 0 spiro atoms. The summed E-state index contributed by atoms with van der Waals surface area (Å²) < 4.78 is 11.4. The first-order valence-corrected chi connectivity index (χ1v) is 7.39. The van der Waals surface area contributed by atoms with Crippen molar-refractivity contribution in [1.29, 1.82) is 0 Å². The van der Waals surface area contributed by atoms with Crippen molar-refractivity contribution in [1.82, 2.24) is 10.3 Å². The van der Waals surface area contributed by atoms with Crippen molar-refractivity contribution in [3.8, 4) is 0 Å². The van der Waals surface area contributed by atoms with Gasteiger partial charge in [0.2, 0.25) is 0 Å². The molecule has 1 aromatic rings. The lowest BCUT2D eigenvalue weighted by atomic mass is 10.2. The third kappa shape index (κ3) is 3.04. The van der Waals surface area contributed by atoms with Crippen LogP contribution in [0.25, 0.3) is 0 Å². The van der Waals surface area contributed by atoms with E-state index in [0.29, 0.717) is 0 Å². The van der Waals surface area contributed by atoms with Crippen molar-refractivity contribution in [2.24, 2.45) is 0 Å². The van der Waals surface area contributed by atoms with Crippen molar-refractivity contribution in [2.45, 2.75) is 13.5 Å². The number of nitrogens with one attached hydrogen (secondary N) is 1. The molecular weight excluding hydrogens is 234 g/mol. The minimum Gasteiger partial charge on any atom is -0.369 e. The maximum atomic E-state index is 11.4. The average Bonchev–Trinajstić information content (AvgIpc) is 2.33. The molecule has 2 rings (SSSR count). The molecule has 0 saturated carbocycles. The molecule has 0 bridgehead atoms. The highest BCUT2D eigenvalue weighted by molar-refractivity contribution is 7.85. The fourth-order valence-corrected chi connectivity index (χ4v) is 3.13. The summed E-state index contributed by atoms with van der Waals surface area (Å²) in [5.74, 6) is 1.56. The number of hydrogen-bond acceptors (Lipinski definition) is 4. The third-order valence-electron chi connectivity index (χ3n) is 2.98. The number of nitrogens with zero attached hydrogens (tertiary/aromatic N) is 2. The van der Waals surface area contributed by atoms with E-state index >= 15 is 0 Å². The second-order valence-corrected chi connectivity index (χ2v) is 6.02. The number of aryl methyl sites for hydroxylation is 1. The molecular formula is C12H19N3OS. The summed E-state index contributed by atoms with van der Waals surface area (Å²) in [5.41, 5.74) is 3.49. The second-order valence-electron chi connectivity index (χ2n) is 4.32. The Labute approximate surface area is 105 Å². The van der Waals surface area contributed by atoms with Crippen LogP contribution in [0, 0.1) is 6.92 Å². The number of hydrogen-bond donors (Lipinski definition) is 1. The predicted molar refractivity (Wildman–Crippen MR) is 71.8 cm³/mol. The average molecular weight is 253 g/mol. The van der Waals surface area contributed by atoms with Crippen LogP contribution in [0.1, 0.15) is 11.3 Å². The van der Waals surface area contributed by atoms with Gasteiger partial charge >= 0.3 is 0 Å². The molecule has 0 radical (unpaired) electrons. The van der Waals surface area contributed by atoms with E-state index in [2.05, 4.69) is 21.3 Å². The van der Waals surface area contributed by atoms with Crippen LogP contribution < -0.4 is 10.2 Å². The smallest absolute Gasteiger partial charge is 0.0446 e. The SMILES string of the molecule is CNCc1cnc(C)cc1N1CCS(=O)CC1. The van der Waals surface area contributed by atoms with Gasteiger partial charge in [-0.25, -0.2) is 0 Å². The highest BCUT2D eigenvalue weighted by Crippen LogP contribution is 2.22. The molecule has 2 heterocycles. The van der Waals surface area contributed by atoms with Gasteiger partial charge in [0, 0.05) is 65.1 Å².